The summed E-state index contributed by atoms with van der Waals surface area (Å²) in [6.45, 7) is 1.47. The lowest BCUT2D eigenvalue weighted by atomic mass is 9.88. The Kier molecular flexibility index (Phi) is 4.24. The van der Waals surface area contributed by atoms with Crippen molar-refractivity contribution in [2.45, 2.75) is 12.5 Å². The van der Waals surface area contributed by atoms with Gasteiger partial charge in [0.05, 0.1) is 12.8 Å². The van der Waals surface area contributed by atoms with Crippen LogP contribution in [0, 0.1) is 17.6 Å². The van der Waals surface area contributed by atoms with Gasteiger partial charge in [0.2, 0.25) is 0 Å². The van der Waals surface area contributed by atoms with Crippen molar-refractivity contribution in [1.29, 1.82) is 0 Å². The summed E-state index contributed by atoms with van der Waals surface area (Å²) in [6.07, 6.45) is -0.528. The van der Waals surface area contributed by atoms with E-state index in [1.165, 1.54) is 12.1 Å². The first kappa shape index (κ1) is 13.4. The Hall–Kier alpha value is -1.07. The van der Waals surface area contributed by atoms with Crippen molar-refractivity contribution in [3.63, 3.8) is 0 Å². The van der Waals surface area contributed by atoms with Gasteiger partial charge in [-0.05, 0) is 12.5 Å². The number of aliphatic hydroxyl groups is 1. The summed E-state index contributed by atoms with van der Waals surface area (Å²) < 4.78 is 38.5. The highest BCUT2D eigenvalue weighted by atomic mass is 19.2. The number of likely N-dealkylation sites (tertiary alicyclic amines) is 1. The van der Waals surface area contributed by atoms with Crippen LogP contribution in [0.4, 0.5) is 13.2 Å². The number of alkyl halides is 1. The third kappa shape index (κ3) is 2.67. The molecule has 1 atom stereocenters. The third-order valence-electron chi connectivity index (χ3n) is 3.34. The molecule has 1 N–H and O–H groups in total. The number of benzene rings is 1. The second-order valence-corrected chi connectivity index (χ2v) is 4.65. The summed E-state index contributed by atoms with van der Waals surface area (Å²) in [4.78, 5) is 1.99. The van der Waals surface area contributed by atoms with Crippen molar-refractivity contribution < 1.29 is 18.3 Å². The van der Waals surface area contributed by atoms with Gasteiger partial charge in [-0.2, -0.15) is 0 Å². The van der Waals surface area contributed by atoms with Crippen molar-refractivity contribution >= 4 is 0 Å². The van der Waals surface area contributed by atoms with Crippen LogP contribution in [0.5, 0.6) is 0 Å². The van der Waals surface area contributed by atoms with Crippen LogP contribution in [0.1, 0.15) is 18.1 Å². The van der Waals surface area contributed by atoms with Crippen LogP contribution in [-0.2, 0) is 0 Å². The molecule has 18 heavy (non-hydrogen) atoms. The zero-order valence-electron chi connectivity index (χ0n) is 9.95. The minimum absolute atomic E-state index is 0.00476. The average molecular weight is 259 g/mol. The van der Waals surface area contributed by atoms with Crippen LogP contribution in [-0.4, -0.2) is 36.3 Å². The first-order chi connectivity index (χ1) is 8.63. The summed E-state index contributed by atoms with van der Waals surface area (Å²) in [6, 6.07) is 3.81. The molecule has 1 heterocycles. The van der Waals surface area contributed by atoms with Gasteiger partial charge in [0.25, 0.3) is 0 Å². The van der Waals surface area contributed by atoms with Crippen LogP contribution < -0.4 is 0 Å². The number of nitrogens with zero attached hydrogens (tertiary/aromatic N) is 1. The monoisotopic (exact) mass is 259 g/mol. The SMILES string of the molecule is O[C@@H](c1cccc(F)c1F)C1CN(CCCF)C1. The molecule has 0 amide bonds. The Morgan fingerprint density at radius 1 is 1.33 bits per heavy atom. The molecule has 0 bridgehead atoms. The molecular formula is C13H16F3NO. The second-order valence-electron chi connectivity index (χ2n) is 4.65. The van der Waals surface area contributed by atoms with E-state index in [9.17, 15) is 18.3 Å². The molecule has 0 aliphatic carbocycles. The van der Waals surface area contributed by atoms with Crippen molar-refractivity contribution in [2.75, 3.05) is 26.3 Å². The standard InChI is InChI=1S/C13H16F3NO/c14-5-2-6-17-7-9(8-17)13(18)10-3-1-4-11(15)12(10)16/h1,3-4,9,13,18H,2,5-8H2/t13-/m1/s1. The molecule has 2 rings (SSSR count). The fourth-order valence-electron chi connectivity index (χ4n) is 2.28. The van der Waals surface area contributed by atoms with E-state index < -0.39 is 17.7 Å². The number of aliphatic hydroxyl groups excluding tert-OH is 1. The van der Waals surface area contributed by atoms with Crippen molar-refractivity contribution in [2.24, 2.45) is 5.92 Å². The Bertz CT molecular complexity index is 407. The fraction of sp³-hybridized carbons (Fsp3) is 0.538. The molecular weight excluding hydrogens is 243 g/mol. The zero-order valence-corrected chi connectivity index (χ0v) is 9.95. The van der Waals surface area contributed by atoms with E-state index in [4.69, 9.17) is 0 Å². The topological polar surface area (TPSA) is 23.5 Å². The summed E-state index contributed by atoms with van der Waals surface area (Å²) >= 11 is 0. The molecule has 1 saturated heterocycles. The van der Waals surface area contributed by atoms with Gasteiger partial charge in [0.1, 0.15) is 0 Å². The maximum atomic E-state index is 13.5. The van der Waals surface area contributed by atoms with Gasteiger partial charge in [0, 0.05) is 31.1 Å². The Labute approximate surface area is 104 Å². The predicted octanol–water partition coefficient (Wildman–Crippen LogP) is 2.29. The molecule has 0 saturated carbocycles. The van der Waals surface area contributed by atoms with E-state index in [0.717, 1.165) is 6.07 Å². The van der Waals surface area contributed by atoms with Gasteiger partial charge >= 0.3 is 0 Å². The van der Waals surface area contributed by atoms with Crippen LogP contribution in [0.2, 0.25) is 0 Å². The number of halogens is 3. The van der Waals surface area contributed by atoms with Gasteiger partial charge in [-0.1, -0.05) is 12.1 Å². The minimum Gasteiger partial charge on any atom is -0.388 e. The summed E-state index contributed by atoms with van der Waals surface area (Å²) in [5.41, 5.74) is 0.00476. The molecule has 1 aliphatic heterocycles. The van der Waals surface area contributed by atoms with E-state index in [1.54, 1.807) is 0 Å². The normalized spacial score (nSPS) is 18.7. The van der Waals surface area contributed by atoms with Crippen LogP contribution in [0.25, 0.3) is 0 Å². The third-order valence-corrected chi connectivity index (χ3v) is 3.34. The van der Waals surface area contributed by atoms with Gasteiger partial charge in [-0.15, -0.1) is 0 Å². The molecule has 1 fully saturated rings. The Morgan fingerprint density at radius 3 is 2.72 bits per heavy atom. The molecule has 1 aromatic rings. The van der Waals surface area contributed by atoms with E-state index in [2.05, 4.69) is 0 Å². The number of hydrogen-bond acceptors (Lipinski definition) is 2. The maximum absolute atomic E-state index is 13.5. The van der Waals surface area contributed by atoms with Crippen molar-refractivity contribution in [3.05, 3.63) is 35.4 Å². The summed E-state index contributed by atoms with van der Waals surface area (Å²) in [7, 11) is 0. The molecule has 5 heteroatoms. The summed E-state index contributed by atoms with van der Waals surface area (Å²) in [5.74, 6) is -2.03. The first-order valence-corrected chi connectivity index (χ1v) is 6.03. The van der Waals surface area contributed by atoms with Crippen LogP contribution in [0.3, 0.4) is 0 Å². The van der Waals surface area contributed by atoms with Gasteiger partial charge in [0.15, 0.2) is 11.6 Å². The lowest BCUT2D eigenvalue weighted by molar-refractivity contribution is -0.00795. The molecule has 1 aromatic carbocycles. The highest BCUT2D eigenvalue weighted by Crippen LogP contribution is 2.31. The molecule has 100 valence electrons. The summed E-state index contributed by atoms with van der Waals surface area (Å²) in [5, 5.41) is 9.98. The van der Waals surface area contributed by atoms with E-state index >= 15 is 0 Å². The molecule has 0 aromatic heterocycles. The largest absolute Gasteiger partial charge is 0.388 e. The van der Waals surface area contributed by atoms with E-state index in [-0.39, 0.29) is 18.2 Å². The molecule has 0 unspecified atom stereocenters. The molecule has 0 spiro atoms. The molecule has 2 nitrogen and oxygen atoms in total. The Balaban J connectivity index is 1.93. The first-order valence-electron chi connectivity index (χ1n) is 6.03. The lowest BCUT2D eigenvalue weighted by Gasteiger charge is -2.41. The highest BCUT2D eigenvalue weighted by Gasteiger charge is 2.34. The maximum Gasteiger partial charge on any atom is 0.164 e. The van der Waals surface area contributed by atoms with Crippen LogP contribution >= 0.6 is 0 Å². The van der Waals surface area contributed by atoms with Gasteiger partial charge in [-0.3, -0.25) is 4.39 Å². The zero-order chi connectivity index (χ0) is 13.1. The van der Waals surface area contributed by atoms with Gasteiger partial charge in [-0.25, -0.2) is 8.78 Å². The lowest BCUT2D eigenvalue weighted by Crippen LogP contribution is -2.49. The molecule has 0 radical (unpaired) electrons. The number of hydrogen-bond donors (Lipinski definition) is 1. The average Bonchev–Trinajstić information content (AvgIpc) is 2.30. The van der Waals surface area contributed by atoms with Crippen molar-refractivity contribution in [1.82, 2.24) is 4.90 Å². The van der Waals surface area contributed by atoms with Crippen molar-refractivity contribution in [3.8, 4) is 0 Å². The van der Waals surface area contributed by atoms with Crippen LogP contribution in [0.15, 0.2) is 18.2 Å². The quantitative estimate of drug-likeness (QED) is 0.877. The smallest absolute Gasteiger partial charge is 0.164 e. The molecule has 1 aliphatic rings. The second kappa shape index (κ2) is 5.71. The van der Waals surface area contributed by atoms with E-state index in [1.807, 2.05) is 4.90 Å². The predicted molar refractivity (Wildman–Crippen MR) is 61.8 cm³/mol. The minimum atomic E-state index is -0.998. The Morgan fingerprint density at radius 2 is 2.06 bits per heavy atom. The van der Waals surface area contributed by atoms with Gasteiger partial charge < -0.3 is 10.0 Å². The fourth-order valence-corrected chi connectivity index (χ4v) is 2.28. The van der Waals surface area contributed by atoms with E-state index in [0.29, 0.717) is 26.1 Å². The highest BCUT2D eigenvalue weighted by molar-refractivity contribution is 5.22. The number of rotatable bonds is 5.